The van der Waals surface area contributed by atoms with Crippen LogP contribution in [0.2, 0.25) is 0 Å². The van der Waals surface area contributed by atoms with Gasteiger partial charge in [0.25, 0.3) is 0 Å². The third-order valence-electron chi connectivity index (χ3n) is 4.15. The van der Waals surface area contributed by atoms with Gasteiger partial charge in [-0.25, -0.2) is 4.98 Å². The van der Waals surface area contributed by atoms with Gasteiger partial charge >= 0.3 is 0 Å². The third kappa shape index (κ3) is 1.56. The Morgan fingerprint density at radius 1 is 1.00 bits per heavy atom. The summed E-state index contributed by atoms with van der Waals surface area (Å²) < 4.78 is 2.03. The molecular formula is C18H13N3. The van der Waals surface area contributed by atoms with Gasteiger partial charge in [-0.1, -0.05) is 24.3 Å². The van der Waals surface area contributed by atoms with Gasteiger partial charge in [0.2, 0.25) is 0 Å². The van der Waals surface area contributed by atoms with E-state index in [4.69, 9.17) is 5.26 Å². The summed E-state index contributed by atoms with van der Waals surface area (Å²) in [5.74, 6) is 0. The maximum atomic E-state index is 9.16. The average molecular weight is 271 g/mol. The Morgan fingerprint density at radius 2 is 1.71 bits per heavy atom. The van der Waals surface area contributed by atoms with E-state index < -0.39 is 0 Å². The standard InChI is InChI=1S/C18H13N3/c1-11-7-16-14-5-3-4-6-15(14)18-20-13(9-19)10-21(18)17(16)8-12(11)2/h3-8,10H,1-2H3. The van der Waals surface area contributed by atoms with Crippen LogP contribution in [-0.4, -0.2) is 9.38 Å². The average Bonchev–Trinajstić information content (AvgIpc) is 2.94. The third-order valence-corrected chi connectivity index (χ3v) is 4.15. The fourth-order valence-corrected chi connectivity index (χ4v) is 2.94. The number of pyridine rings is 1. The second-order valence-corrected chi connectivity index (χ2v) is 5.43. The highest BCUT2D eigenvalue weighted by Gasteiger charge is 2.12. The number of benzene rings is 2. The molecule has 2 heterocycles. The first kappa shape index (κ1) is 11.9. The number of hydrogen-bond donors (Lipinski definition) is 0. The van der Waals surface area contributed by atoms with Gasteiger partial charge in [0.15, 0.2) is 5.69 Å². The monoisotopic (exact) mass is 271 g/mol. The Kier molecular flexibility index (Phi) is 2.31. The van der Waals surface area contributed by atoms with Crippen molar-refractivity contribution >= 4 is 27.3 Å². The highest BCUT2D eigenvalue weighted by Crippen LogP contribution is 2.31. The van der Waals surface area contributed by atoms with Crippen LogP contribution in [0.3, 0.4) is 0 Å². The molecule has 2 aromatic carbocycles. The van der Waals surface area contributed by atoms with E-state index in [0.29, 0.717) is 5.69 Å². The van der Waals surface area contributed by atoms with Gasteiger partial charge in [0, 0.05) is 17.0 Å². The van der Waals surface area contributed by atoms with Crippen molar-refractivity contribution in [1.82, 2.24) is 9.38 Å². The minimum Gasteiger partial charge on any atom is -0.298 e. The van der Waals surface area contributed by atoms with Crippen LogP contribution in [0.15, 0.2) is 42.6 Å². The molecule has 0 atom stereocenters. The Morgan fingerprint density at radius 3 is 2.48 bits per heavy atom. The zero-order chi connectivity index (χ0) is 14.6. The molecule has 0 amide bonds. The van der Waals surface area contributed by atoms with Crippen molar-refractivity contribution in [2.24, 2.45) is 0 Å². The van der Waals surface area contributed by atoms with E-state index in [9.17, 15) is 0 Å². The van der Waals surface area contributed by atoms with Crippen molar-refractivity contribution < 1.29 is 0 Å². The summed E-state index contributed by atoms with van der Waals surface area (Å²) in [6.45, 7) is 4.24. The summed E-state index contributed by atoms with van der Waals surface area (Å²) in [5.41, 5.74) is 4.91. The molecule has 0 radical (unpaired) electrons. The van der Waals surface area contributed by atoms with Crippen LogP contribution in [0, 0.1) is 25.2 Å². The molecule has 0 aliphatic carbocycles. The van der Waals surface area contributed by atoms with Crippen molar-refractivity contribution in [3.8, 4) is 6.07 Å². The Bertz CT molecular complexity index is 1060. The van der Waals surface area contributed by atoms with E-state index in [1.165, 1.54) is 21.9 Å². The number of rotatable bonds is 0. The summed E-state index contributed by atoms with van der Waals surface area (Å²) in [6, 6.07) is 14.8. The molecule has 0 spiro atoms. The fourth-order valence-electron chi connectivity index (χ4n) is 2.94. The predicted molar refractivity (Wildman–Crippen MR) is 84.4 cm³/mol. The lowest BCUT2D eigenvalue weighted by Crippen LogP contribution is -1.92. The van der Waals surface area contributed by atoms with E-state index in [0.717, 1.165) is 16.6 Å². The number of aryl methyl sites for hydroxylation is 2. The van der Waals surface area contributed by atoms with Crippen LogP contribution in [0.25, 0.3) is 27.3 Å². The molecule has 0 bridgehead atoms. The zero-order valence-electron chi connectivity index (χ0n) is 11.9. The maximum absolute atomic E-state index is 9.16. The molecule has 0 fully saturated rings. The summed E-state index contributed by atoms with van der Waals surface area (Å²) in [7, 11) is 0. The van der Waals surface area contributed by atoms with Gasteiger partial charge in [-0.15, -0.1) is 0 Å². The minimum absolute atomic E-state index is 0.450. The summed E-state index contributed by atoms with van der Waals surface area (Å²) in [6.07, 6.45) is 1.82. The molecule has 21 heavy (non-hydrogen) atoms. The molecule has 0 aliphatic rings. The second kappa shape index (κ2) is 4.07. The van der Waals surface area contributed by atoms with Crippen molar-refractivity contribution in [1.29, 1.82) is 5.26 Å². The Balaban J connectivity index is 2.39. The van der Waals surface area contributed by atoms with Gasteiger partial charge < -0.3 is 0 Å². The van der Waals surface area contributed by atoms with Crippen molar-refractivity contribution in [3.63, 3.8) is 0 Å². The van der Waals surface area contributed by atoms with E-state index in [1.807, 2.05) is 22.7 Å². The SMILES string of the molecule is Cc1cc2c3ccccc3c3nc(C#N)cn3c2cc1C. The molecule has 0 saturated heterocycles. The van der Waals surface area contributed by atoms with E-state index in [2.05, 4.69) is 49.2 Å². The van der Waals surface area contributed by atoms with Gasteiger partial charge in [0.05, 0.1) is 5.52 Å². The molecule has 3 nitrogen and oxygen atoms in total. The van der Waals surface area contributed by atoms with Crippen LogP contribution in [-0.2, 0) is 0 Å². The molecule has 0 aliphatic heterocycles. The number of imidazole rings is 1. The summed E-state index contributed by atoms with van der Waals surface area (Å²) >= 11 is 0. The zero-order valence-corrected chi connectivity index (χ0v) is 11.9. The lowest BCUT2D eigenvalue weighted by Gasteiger charge is -2.10. The van der Waals surface area contributed by atoms with Crippen molar-refractivity contribution in [2.75, 3.05) is 0 Å². The fraction of sp³-hybridized carbons (Fsp3) is 0.111. The molecule has 4 aromatic rings. The molecule has 100 valence electrons. The number of hydrogen-bond acceptors (Lipinski definition) is 2. The van der Waals surface area contributed by atoms with Crippen LogP contribution in [0.1, 0.15) is 16.8 Å². The quantitative estimate of drug-likeness (QED) is 0.451. The Hall–Kier alpha value is -2.86. The second-order valence-electron chi connectivity index (χ2n) is 5.43. The maximum Gasteiger partial charge on any atom is 0.159 e. The smallest absolute Gasteiger partial charge is 0.159 e. The van der Waals surface area contributed by atoms with Crippen LogP contribution < -0.4 is 0 Å². The lowest BCUT2D eigenvalue weighted by atomic mass is 10.0. The van der Waals surface area contributed by atoms with Gasteiger partial charge in [-0.05, 0) is 42.5 Å². The highest BCUT2D eigenvalue weighted by atomic mass is 15.0. The largest absolute Gasteiger partial charge is 0.298 e. The highest BCUT2D eigenvalue weighted by molar-refractivity contribution is 6.12. The lowest BCUT2D eigenvalue weighted by molar-refractivity contribution is 1.25. The number of nitrogens with zero attached hydrogens (tertiary/aromatic N) is 3. The molecule has 4 rings (SSSR count). The number of fused-ring (bicyclic) bond motifs is 6. The molecule has 0 saturated carbocycles. The Labute approximate surface area is 122 Å². The van der Waals surface area contributed by atoms with Gasteiger partial charge in [0.1, 0.15) is 11.7 Å². The van der Waals surface area contributed by atoms with Crippen LogP contribution in [0.4, 0.5) is 0 Å². The molecule has 2 aromatic heterocycles. The minimum atomic E-state index is 0.450. The summed E-state index contributed by atoms with van der Waals surface area (Å²) in [4.78, 5) is 4.46. The van der Waals surface area contributed by atoms with E-state index in [1.54, 1.807) is 0 Å². The molecular weight excluding hydrogens is 258 g/mol. The van der Waals surface area contributed by atoms with Gasteiger partial charge in [-0.2, -0.15) is 5.26 Å². The number of nitriles is 1. The van der Waals surface area contributed by atoms with Crippen LogP contribution >= 0.6 is 0 Å². The number of aromatic nitrogens is 2. The first-order valence-corrected chi connectivity index (χ1v) is 6.90. The summed E-state index contributed by atoms with van der Waals surface area (Å²) in [5, 5.41) is 12.6. The normalized spacial score (nSPS) is 11.3. The molecule has 3 heteroatoms. The predicted octanol–water partition coefficient (Wildman–Crippen LogP) is 4.13. The topological polar surface area (TPSA) is 41.1 Å². The van der Waals surface area contributed by atoms with E-state index in [-0.39, 0.29) is 0 Å². The molecule has 0 N–H and O–H groups in total. The van der Waals surface area contributed by atoms with Gasteiger partial charge in [-0.3, -0.25) is 4.40 Å². The van der Waals surface area contributed by atoms with Crippen molar-refractivity contribution in [2.45, 2.75) is 13.8 Å². The molecule has 0 unspecified atom stereocenters. The van der Waals surface area contributed by atoms with E-state index >= 15 is 0 Å². The first-order valence-electron chi connectivity index (χ1n) is 6.90. The van der Waals surface area contributed by atoms with Crippen molar-refractivity contribution in [3.05, 3.63) is 59.4 Å². The first-order chi connectivity index (χ1) is 10.2. The van der Waals surface area contributed by atoms with Crippen LogP contribution in [0.5, 0.6) is 0 Å².